The quantitative estimate of drug-likeness (QED) is 0.426. The number of rotatable bonds is 10. The minimum absolute atomic E-state index is 0.299. The number of aryl methyl sites for hydroxylation is 1. The van der Waals surface area contributed by atoms with Gasteiger partial charge in [0.25, 0.3) is 0 Å². The number of nitrogens with zero attached hydrogens (tertiary/aromatic N) is 1. The number of carbonyl (C=O) groups is 3. The van der Waals surface area contributed by atoms with Gasteiger partial charge in [0.05, 0.1) is 6.61 Å². The molecule has 0 bridgehead atoms. The number of alkyl carbamates (subject to hydrolysis) is 1. The van der Waals surface area contributed by atoms with Crippen molar-refractivity contribution >= 4 is 17.9 Å². The van der Waals surface area contributed by atoms with E-state index in [1.165, 1.54) is 4.90 Å². The zero-order chi connectivity index (χ0) is 27.0. The molecule has 0 aliphatic heterocycles. The molecule has 0 aromatic heterocycles. The predicted octanol–water partition coefficient (Wildman–Crippen LogP) is 4.16. The maximum absolute atomic E-state index is 13.8. The Morgan fingerprint density at radius 1 is 1.06 bits per heavy atom. The molecule has 0 spiro atoms. The zero-order valence-corrected chi connectivity index (χ0v) is 22.9. The molecule has 0 saturated heterocycles. The lowest BCUT2D eigenvalue weighted by molar-refractivity contribution is -0.149. The molecule has 0 aliphatic carbocycles. The molecule has 3 amide bonds. The van der Waals surface area contributed by atoms with Crippen molar-refractivity contribution in [1.82, 2.24) is 15.5 Å². The Morgan fingerprint density at radius 3 is 2.20 bits per heavy atom. The zero-order valence-electron chi connectivity index (χ0n) is 22.9. The first-order valence-corrected chi connectivity index (χ1v) is 12.4. The van der Waals surface area contributed by atoms with Crippen molar-refractivity contribution in [1.29, 1.82) is 0 Å². The van der Waals surface area contributed by atoms with Crippen molar-refractivity contribution in [2.24, 2.45) is 0 Å². The first-order valence-electron chi connectivity index (χ1n) is 12.4. The Balaban J connectivity index is 3.47. The average molecular weight is 492 g/mol. The van der Waals surface area contributed by atoms with Gasteiger partial charge in [-0.25, -0.2) is 4.79 Å². The number of aliphatic hydroxyl groups excluding tert-OH is 1. The second-order valence-corrected chi connectivity index (χ2v) is 11.0. The molecule has 2 atom stereocenters. The lowest BCUT2D eigenvalue weighted by Gasteiger charge is -2.43. The lowest BCUT2D eigenvalue weighted by atomic mass is 9.91. The van der Waals surface area contributed by atoms with Crippen molar-refractivity contribution < 1.29 is 24.2 Å². The smallest absolute Gasteiger partial charge is 0.408 e. The molecule has 0 radical (unpaired) electrons. The Labute approximate surface area is 210 Å². The van der Waals surface area contributed by atoms with Crippen LogP contribution in [0.15, 0.2) is 18.2 Å². The third kappa shape index (κ3) is 9.17. The van der Waals surface area contributed by atoms with Crippen LogP contribution in [0.3, 0.4) is 0 Å². The molecule has 1 aromatic carbocycles. The summed E-state index contributed by atoms with van der Waals surface area (Å²) in [6.45, 7) is 16.5. The molecule has 1 rings (SSSR count). The van der Waals surface area contributed by atoms with Crippen LogP contribution in [0.5, 0.6) is 0 Å². The number of aliphatic hydroxyl groups is 1. The molecule has 8 heteroatoms. The lowest BCUT2D eigenvalue weighted by Crippen LogP contribution is -2.59. The van der Waals surface area contributed by atoms with Gasteiger partial charge in [-0.1, -0.05) is 38.0 Å². The largest absolute Gasteiger partial charge is 0.444 e. The van der Waals surface area contributed by atoms with Crippen molar-refractivity contribution in [3.05, 3.63) is 34.9 Å². The van der Waals surface area contributed by atoms with Crippen LogP contribution in [0, 0.1) is 13.8 Å². The molecule has 0 aliphatic rings. The van der Waals surface area contributed by atoms with E-state index in [0.717, 1.165) is 30.4 Å². The standard InChI is InChI=1S/C27H45N3O5/c1-10-11-12-16-28-23(32)22(20-15-13-14-18(2)19(20)3)30(26(4,5)6)24(33)21(17-31)29-25(34)35-27(7,8)9/h13-15,21-22,31H,10-12,16-17H2,1-9H3,(H,28,32)(H,29,34). The van der Waals surface area contributed by atoms with E-state index in [9.17, 15) is 19.5 Å². The Hall–Kier alpha value is -2.61. The summed E-state index contributed by atoms with van der Waals surface area (Å²) in [5.74, 6) is -0.868. The number of benzene rings is 1. The third-order valence-corrected chi connectivity index (χ3v) is 5.66. The summed E-state index contributed by atoms with van der Waals surface area (Å²) in [4.78, 5) is 41.3. The number of hydrogen-bond acceptors (Lipinski definition) is 5. The molecule has 198 valence electrons. The fourth-order valence-electron chi connectivity index (χ4n) is 3.80. The van der Waals surface area contributed by atoms with Crippen molar-refractivity contribution in [3.63, 3.8) is 0 Å². The summed E-state index contributed by atoms with van der Waals surface area (Å²) in [7, 11) is 0. The molecule has 0 saturated carbocycles. The molecule has 1 aromatic rings. The summed E-state index contributed by atoms with van der Waals surface area (Å²) in [5.41, 5.74) is 1.04. The molecule has 35 heavy (non-hydrogen) atoms. The van der Waals surface area contributed by atoms with Gasteiger partial charge < -0.3 is 25.4 Å². The van der Waals surface area contributed by atoms with Gasteiger partial charge in [0, 0.05) is 12.1 Å². The normalized spacial score (nSPS) is 13.5. The fraction of sp³-hybridized carbons (Fsp3) is 0.667. The van der Waals surface area contributed by atoms with E-state index in [0.29, 0.717) is 12.1 Å². The molecule has 3 N–H and O–H groups in total. The van der Waals surface area contributed by atoms with Crippen LogP contribution in [0.1, 0.15) is 90.5 Å². The summed E-state index contributed by atoms with van der Waals surface area (Å²) in [6, 6.07) is 3.45. The summed E-state index contributed by atoms with van der Waals surface area (Å²) < 4.78 is 5.28. The number of hydrogen-bond donors (Lipinski definition) is 3. The van der Waals surface area contributed by atoms with Crippen LogP contribution in [-0.4, -0.2) is 58.2 Å². The first kappa shape index (κ1) is 30.4. The Morgan fingerprint density at radius 2 is 1.69 bits per heavy atom. The van der Waals surface area contributed by atoms with Crippen LogP contribution in [-0.2, 0) is 14.3 Å². The van der Waals surface area contributed by atoms with Gasteiger partial charge in [0.2, 0.25) is 11.8 Å². The van der Waals surface area contributed by atoms with Crippen LogP contribution >= 0.6 is 0 Å². The molecule has 0 heterocycles. The number of ether oxygens (including phenoxy) is 1. The Kier molecular flexibility index (Phi) is 11.2. The van der Waals surface area contributed by atoms with Crippen molar-refractivity contribution in [3.8, 4) is 0 Å². The van der Waals surface area contributed by atoms with Crippen LogP contribution in [0.25, 0.3) is 0 Å². The highest BCUT2D eigenvalue weighted by Crippen LogP contribution is 2.32. The highest BCUT2D eigenvalue weighted by Gasteiger charge is 2.42. The first-order chi connectivity index (χ1) is 16.1. The van der Waals surface area contributed by atoms with Crippen molar-refractivity contribution in [2.45, 2.75) is 105 Å². The molecule has 8 nitrogen and oxygen atoms in total. The molecular weight excluding hydrogens is 446 g/mol. The third-order valence-electron chi connectivity index (χ3n) is 5.66. The minimum Gasteiger partial charge on any atom is -0.444 e. The van der Waals surface area contributed by atoms with Crippen LogP contribution < -0.4 is 10.6 Å². The highest BCUT2D eigenvalue weighted by molar-refractivity contribution is 5.93. The topological polar surface area (TPSA) is 108 Å². The molecule has 0 fully saturated rings. The van der Waals surface area contributed by atoms with Gasteiger partial charge in [0.15, 0.2) is 0 Å². The maximum Gasteiger partial charge on any atom is 0.408 e. The van der Waals surface area contributed by atoms with Gasteiger partial charge in [-0.05, 0) is 78.5 Å². The summed E-state index contributed by atoms with van der Waals surface area (Å²) in [5, 5.41) is 15.5. The van der Waals surface area contributed by atoms with E-state index in [2.05, 4.69) is 17.6 Å². The van der Waals surface area contributed by atoms with Gasteiger partial charge in [-0.3, -0.25) is 9.59 Å². The van der Waals surface area contributed by atoms with E-state index >= 15 is 0 Å². The number of amides is 3. The van der Waals surface area contributed by atoms with E-state index < -0.39 is 41.8 Å². The van der Waals surface area contributed by atoms with E-state index in [4.69, 9.17) is 4.74 Å². The summed E-state index contributed by atoms with van der Waals surface area (Å²) >= 11 is 0. The SMILES string of the molecule is CCCCCNC(=O)C(c1cccc(C)c1C)N(C(=O)C(CO)NC(=O)OC(C)(C)C)C(C)(C)C. The number of carbonyl (C=O) groups excluding carboxylic acids is 3. The predicted molar refractivity (Wildman–Crippen MR) is 138 cm³/mol. The van der Waals surface area contributed by atoms with Crippen LogP contribution in [0.4, 0.5) is 4.79 Å². The number of unbranched alkanes of at least 4 members (excludes halogenated alkanes) is 2. The maximum atomic E-state index is 13.8. The highest BCUT2D eigenvalue weighted by atomic mass is 16.6. The second kappa shape index (κ2) is 12.9. The van der Waals surface area contributed by atoms with Gasteiger partial charge >= 0.3 is 6.09 Å². The van der Waals surface area contributed by atoms with Crippen molar-refractivity contribution in [2.75, 3.05) is 13.2 Å². The number of nitrogens with one attached hydrogen (secondary N) is 2. The fourth-order valence-corrected chi connectivity index (χ4v) is 3.80. The molecular formula is C27H45N3O5. The second-order valence-electron chi connectivity index (χ2n) is 11.0. The minimum atomic E-state index is -1.27. The van der Waals surface area contributed by atoms with Gasteiger partial charge in [-0.15, -0.1) is 0 Å². The molecule has 2 unspecified atom stereocenters. The average Bonchev–Trinajstić information content (AvgIpc) is 2.72. The monoisotopic (exact) mass is 491 g/mol. The van der Waals surface area contributed by atoms with Gasteiger partial charge in [0.1, 0.15) is 17.7 Å². The van der Waals surface area contributed by atoms with E-state index in [-0.39, 0.29) is 5.91 Å². The van der Waals surface area contributed by atoms with Crippen LogP contribution in [0.2, 0.25) is 0 Å². The summed E-state index contributed by atoms with van der Waals surface area (Å²) in [6.07, 6.45) is 2.04. The van der Waals surface area contributed by atoms with E-state index in [1.54, 1.807) is 20.8 Å². The Bertz CT molecular complexity index is 871. The van der Waals surface area contributed by atoms with E-state index in [1.807, 2.05) is 52.8 Å². The van der Waals surface area contributed by atoms with Gasteiger partial charge in [-0.2, -0.15) is 0 Å².